The number of hydrogen-bond acceptors (Lipinski definition) is 2. The molecule has 1 heterocycles. The summed E-state index contributed by atoms with van der Waals surface area (Å²) in [6.45, 7) is 9.44. The van der Waals surface area contributed by atoms with Crippen LogP contribution in [-0.2, 0) is 10.8 Å². The molecule has 0 bridgehead atoms. The van der Waals surface area contributed by atoms with E-state index in [9.17, 15) is 0 Å². The zero-order valence-electron chi connectivity index (χ0n) is 34.3. The number of benzene rings is 9. The maximum Gasteiger partial charge on any atom is 0.143 e. The predicted octanol–water partition coefficient (Wildman–Crippen LogP) is 16.2. The molecule has 0 fully saturated rings. The lowest BCUT2D eigenvalue weighted by Gasteiger charge is -2.30. The summed E-state index contributed by atoms with van der Waals surface area (Å²) in [7, 11) is 0. The van der Waals surface area contributed by atoms with Gasteiger partial charge >= 0.3 is 0 Å². The van der Waals surface area contributed by atoms with Gasteiger partial charge < -0.3 is 9.32 Å². The fourth-order valence-electron chi connectivity index (χ4n) is 10.6. The molecule has 0 N–H and O–H groups in total. The molecule has 2 heteroatoms. The van der Waals surface area contributed by atoms with Gasteiger partial charge in [0.1, 0.15) is 11.2 Å². The number of fused-ring (bicyclic) bond motifs is 11. The summed E-state index contributed by atoms with van der Waals surface area (Å²) in [5, 5.41) is 4.58. The Bertz CT molecular complexity index is 3260. The molecule has 0 unspecified atom stereocenters. The van der Waals surface area contributed by atoms with Crippen molar-refractivity contribution in [2.45, 2.75) is 38.5 Å². The maximum absolute atomic E-state index is 6.93. The molecule has 2 aliphatic rings. The first-order valence-electron chi connectivity index (χ1n) is 21.1. The highest BCUT2D eigenvalue weighted by atomic mass is 16.3. The van der Waals surface area contributed by atoms with E-state index in [0.717, 1.165) is 55.5 Å². The van der Waals surface area contributed by atoms with Crippen molar-refractivity contribution in [1.29, 1.82) is 0 Å². The molecular weight excluding hydrogens is 727 g/mol. The Hall–Kier alpha value is -7.16. The van der Waals surface area contributed by atoms with Gasteiger partial charge in [0.05, 0.1) is 0 Å². The van der Waals surface area contributed by atoms with E-state index in [1.54, 1.807) is 0 Å². The van der Waals surface area contributed by atoms with E-state index in [1.807, 2.05) is 0 Å². The van der Waals surface area contributed by atoms with Crippen LogP contribution in [0.25, 0.3) is 77.2 Å². The quantitative estimate of drug-likeness (QED) is 0.173. The summed E-state index contributed by atoms with van der Waals surface area (Å²) < 4.78 is 6.93. The summed E-state index contributed by atoms with van der Waals surface area (Å²) in [6, 6.07) is 69.2. The number of rotatable bonds is 5. The van der Waals surface area contributed by atoms with Gasteiger partial charge in [-0.1, -0.05) is 173 Å². The van der Waals surface area contributed by atoms with Crippen LogP contribution in [0.4, 0.5) is 17.1 Å². The summed E-state index contributed by atoms with van der Waals surface area (Å²) in [5.74, 6) is 0. The minimum Gasteiger partial charge on any atom is -0.455 e. The summed E-state index contributed by atoms with van der Waals surface area (Å²) in [5.41, 5.74) is 20.4. The third-order valence-corrected chi connectivity index (χ3v) is 13.7. The van der Waals surface area contributed by atoms with Crippen LogP contribution in [0.15, 0.2) is 192 Å². The lowest BCUT2D eigenvalue weighted by atomic mass is 9.82. The van der Waals surface area contributed by atoms with Gasteiger partial charge in [-0.3, -0.25) is 0 Å². The van der Waals surface area contributed by atoms with Crippen molar-refractivity contribution in [3.63, 3.8) is 0 Å². The SMILES string of the molecule is CC1(C)c2ccccc2-c2ccc(N(c3ccc(-c4cccc5c4oc4c6ccccc6c(-c6ccccc6)cc54)cc3)c3ccc4c(c3)C(C)(C)c3ccccc3-4)cc21. The molecule has 0 amide bonds. The van der Waals surface area contributed by atoms with E-state index < -0.39 is 0 Å². The van der Waals surface area contributed by atoms with E-state index in [4.69, 9.17) is 4.42 Å². The fourth-order valence-corrected chi connectivity index (χ4v) is 10.6. The monoisotopic (exact) mass is 769 g/mol. The first-order valence-corrected chi connectivity index (χ1v) is 21.1. The molecule has 0 saturated carbocycles. The van der Waals surface area contributed by atoms with Gasteiger partial charge in [0.25, 0.3) is 0 Å². The Labute approximate surface area is 351 Å². The maximum atomic E-state index is 6.93. The van der Waals surface area contributed by atoms with Crippen LogP contribution in [0, 0.1) is 0 Å². The third kappa shape index (κ3) is 4.94. The van der Waals surface area contributed by atoms with Crippen molar-refractivity contribution in [3.05, 3.63) is 210 Å². The average molecular weight is 770 g/mol. The van der Waals surface area contributed by atoms with E-state index in [1.165, 1.54) is 61.0 Å². The highest BCUT2D eigenvalue weighted by molar-refractivity contribution is 6.20. The average Bonchev–Trinajstić information content (AvgIpc) is 3.86. The second kappa shape index (κ2) is 12.7. The molecule has 0 atom stereocenters. The Kier molecular flexibility index (Phi) is 7.36. The molecule has 0 spiro atoms. The molecular formula is C58H43NO. The van der Waals surface area contributed by atoms with Crippen LogP contribution in [0.1, 0.15) is 49.9 Å². The van der Waals surface area contributed by atoms with Crippen LogP contribution >= 0.6 is 0 Å². The summed E-state index contributed by atoms with van der Waals surface area (Å²) in [6.07, 6.45) is 0. The van der Waals surface area contributed by atoms with Crippen molar-refractivity contribution < 1.29 is 4.42 Å². The second-order valence-corrected chi connectivity index (χ2v) is 17.7. The molecule has 2 nitrogen and oxygen atoms in total. The van der Waals surface area contributed by atoms with Gasteiger partial charge in [-0.15, -0.1) is 0 Å². The molecule has 286 valence electrons. The van der Waals surface area contributed by atoms with E-state index in [0.29, 0.717) is 0 Å². The largest absolute Gasteiger partial charge is 0.455 e. The summed E-state index contributed by atoms with van der Waals surface area (Å²) in [4.78, 5) is 2.45. The molecule has 0 saturated heterocycles. The van der Waals surface area contributed by atoms with E-state index in [2.05, 4.69) is 221 Å². The van der Waals surface area contributed by atoms with Crippen LogP contribution in [0.3, 0.4) is 0 Å². The minimum absolute atomic E-state index is 0.114. The van der Waals surface area contributed by atoms with Crippen LogP contribution < -0.4 is 4.90 Å². The fraction of sp³-hybridized carbons (Fsp3) is 0.103. The Morgan fingerprint density at radius 2 is 0.783 bits per heavy atom. The molecule has 12 rings (SSSR count). The highest BCUT2D eigenvalue weighted by Gasteiger charge is 2.37. The standard InChI is InChI=1S/C58H43NO/c1-57(2)51-23-12-10-18-43(51)45-31-29-39(33-53(45)57)59(40-30-32-46-44-19-11-13-24-52(44)58(3,4)54(46)34-40)38-27-25-37(26-28-38)41-21-14-22-48-50-35-49(36-15-6-5-7-16-36)42-17-8-9-20-47(42)56(50)60-55(41)48/h5-35H,1-4H3. The van der Waals surface area contributed by atoms with Crippen molar-refractivity contribution in [2.24, 2.45) is 0 Å². The van der Waals surface area contributed by atoms with Crippen molar-refractivity contribution in [1.82, 2.24) is 0 Å². The van der Waals surface area contributed by atoms with Gasteiger partial charge in [0.2, 0.25) is 0 Å². The van der Waals surface area contributed by atoms with Crippen molar-refractivity contribution >= 4 is 49.8 Å². The second-order valence-electron chi connectivity index (χ2n) is 17.7. The zero-order valence-corrected chi connectivity index (χ0v) is 34.3. The first kappa shape index (κ1) is 34.8. The Morgan fingerprint density at radius 3 is 1.42 bits per heavy atom. The minimum atomic E-state index is -0.114. The van der Waals surface area contributed by atoms with E-state index >= 15 is 0 Å². The van der Waals surface area contributed by atoms with Crippen LogP contribution in [0.2, 0.25) is 0 Å². The Balaban J connectivity index is 1.01. The number of hydrogen-bond donors (Lipinski definition) is 0. The molecule has 0 radical (unpaired) electrons. The van der Waals surface area contributed by atoms with Crippen LogP contribution in [0.5, 0.6) is 0 Å². The number of para-hydroxylation sites is 1. The van der Waals surface area contributed by atoms with Crippen molar-refractivity contribution in [3.8, 4) is 44.5 Å². The van der Waals surface area contributed by atoms with Crippen LogP contribution in [-0.4, -0.2) is 0 Å². The molecule has 1 aromatic heterocycles. The smallest absolute Gasteiger partial charge is 0.143 e. The zero-order chi connectivity index (χ0) is 40.3. The van der Waals surface area contributed by atoms with Gasteiger partial charge in [0.15, 0.2) is 0 Å². The molecule has 10 aromatic rings. The number of anilines is 3. The van der Waals surface area contributed by atoms with Gasteiger partial charge in [-0.05, 0) is 109 Å². The molecule has 60 heavy (non-hydrogen) atoms. The number of furan rings is 1. The first-order chi connectivity index (χ1) is 29.3. The molecule has 0 aliphatic heterocycles. The molecule has 9 aromatic carbocycles. The van der Waals surface area contributed by atoms with Gasteiger partial charge in [-0.25, -0.2) is 0 Å². The summed E-state index contributed by atoms with van der Waals surface area (Å²) >= 11 is 0. The number of nitrogens with zero attached hydrogens (tertiary/aromatic N) is 1. The topological polar surface area (TPSA) is 16.4 Å². The lowest BCUT2D eigenvalue weighted by molar-refractivity contribution is 0.660. The van der Waals surface area contributed by atoms with Gasteiger partial charge in [0, 0.05) is 49.6 Å². The van der Waals surface area contributed by atoms with E-state index in [-0.39, 0.29) is 10.8 Å². The molecule has 2 aliphatic carbocycles. The predicted molar refractivity (Wildman–Crippen MR) is 252 cm³/mol. The third-order valence-electron chi connectivity index (χ3n) is 13.7. The normalized spacial score (nSPS) is 14.3. The van der Waals surface area contributed by atoms with Crippen molar-refractivity contribution in [2.75, 3.05) is 4.90 Å². The Morgan fingerprint density at radius 1 is 0.317 bits per heavy atom. The highest BCUT2D eigenvalue weighted by Crippen LogP contribution is 2.53. The lowest BCUT2D eigenvalue weighted by Crippen LogP contribution is -2.18. The van der Waals surface area contributed by atoms with Gasteiger partial charge in [-0.2, -0.15) is 0 Å².